The molecule has 7 nitrogen and oxygen atoms in total. The summed E-state index contributed by atoms with van der Waals surface area (Å²) < 4.78 is 51.7. The summed E-state index contributed by atoms with van der Waals surface area (Å²) in [7, 11) is 1.72. The molecule has 2 aromatic rings. The van der Waals surface area contributed by atoms with Crippen LogP contribution in [0.2, 0.25) is 0 Å². The number of hydrogen-bond donors (Lipinski definition) is 0. The van der Waals surface area contributed by atoms with Crippen LogP contribution in [0.4, 0.5) is 13.2 Å². The van der Waals surface area contributed by atoms with Gasteiger partial charge in [-0.3, -0.25) is 14.6 Å². The van der Waals surface area contributed by atoms with E-state index in [1.54, 1.807) is 12.0 Å². The van der Waals surface area contributed by atoms with Crippen molar-refractivity contribution in [2.24, 2.45) is 23.2 Å². The lowest BCUT2D eigenvalue weighted by Gasteiger charge is -2.37. The summed E-state index contributed by atoms with van der Waals surface area (Å²) in [5, 5.41) is 0. The second-order valence-corrected chi connectivity index (χ2v) is 12.9. The molecular weight excluding hydrogens is 559 g/mol. The zero-order valence-corrected chi connectivity index (χ0v) is 24.7. The first-order valence-corrected chi connectivity index (χ1v) is 15.4. The molecule has 6 rings (SSSR count). The highest BCUT2D eigenvalue weighted by molar-refractivity contribution is 5.86. The number of fused-ring (bicyclic) bond motifs is 2. The molecule has 0 radical (unpaired) electrons. The van der Waals surface area contributed by atoms with Crippen LogP contribution in [0.5, 0.6) is 0 Å². The Morgan fingerprint density at radius 1 is 1.19 bits per heavy atom. The summed E-state index contributed by atoms with van der Waals surface area (Å²) >= 11 is 0. The molecule has 1 aliphatic carbocycles. The van der Waals surface area contributed by atoms with E-state index in [0.29, 0.717) is 81.6 Å². The van der Waals surface area contributed by atoms with Crippen molar-refractivity contribution in [1.82, 2.24) is 14.8 Å². The van der Waals surface area contributed by atoms with Crippen molar-refractivity contribution in [2.45, 2.75) is 63.8 Å². The van der Waals surface area contributed by atoms with E-state index in [-0.39, 0.29) is 30.4 Å². The number of nitrogens with zero attached hydrogens (tertiary/aromatic N) is 3. The van der Waals surface area contributed by atoms with Crippen LogP contribution in [0.15, 0.2) is 42.6 Å². The van der Waals surface area contributed by atoms with Crippen LogP contribution in [-0.4, -0.2) is 72.7 Å². The Labute approximate surface area is 250 Å². The highest BCUT2D eigenvalue weighted by Gasteiger charge is 2.59. The number of pyridine rings is 1. The molecule has 1 aromatic heterocycles. The lowest BCUT2D eigenvalue weighted by Crippen LogP contribution is -2.49. The second-order valence-electron chi connectivity index (χ2n) is 12.9. The SMILES string of the molecule is COC1COCCC1C[C@@H]1C[C@H]2CN(C(=O)CCc3ccccc3)C[C@@]2(C(=O)N2CCc3ncc(C(F)(F)F)cc3C2)C1. The number of amides is 2. The van der Waals surface area contributed by atoms with Gasteiger partial charge in [-0.2, -0.15) is 13.2 Å². The van der Waals surface area contributed by atoms with Crippen LogP contribution in [0.25, 0.3) is 0 Å². The third kappa shape index (κ3) is 6.18. The van der Waals surface area contributed by atoms with E-state index in [4.69, 9.17) is 9.47 Å². The van der Waals surface area contributed by atoms with Gasteiger partial charge in [-0.05, 0) is 67.1 Å². The van der Waals surface area contributed by atoms with Gasteiger partial charge >= 0.3 is 6.18 Å². The lowest BCUT2D eigenvalue weighted by atomic mass is 9.78. The average Bonchev–Trinajstić information content (AvgIpc) is 3.54. The molecule has 2 amide bonds. The molecule has 2 unspecified atom stereocenters. The van der Waals surface area contributed by atoms with Gasteiger partial charge < -0.3 is 19.3 Å². The highest BCUT2D eigenvalue weighted by atomic mass is 19.4. The van der Waals surface area contributed by atoms with Gasteiger partial charge in [0.25, 0.3) is 0 Å². The number of alkyl halides is 3. The predicted octanol–water partition coefficient (Wildman–Crippen LogP) is 4.91. The predicted molar refractivity (Wildman–Crippen MR) is 153 cm³/mol. The fourth-order valence-corrected chi connectivity index (χ4v) is 8.04. The smallest absolute Gasteiger partial charge is 0.379 e. The molecule has 10 heteroatoms. The summed E-state index contributed by atoms with van der Waals surface area (Å²) in [5.41, 5.74) is 0.648. The Morgan fingerprint density at radius 2 is 2.00 bits per heavy atom. The third-order valence-electron chi connectivity index (χ3n) is 10.2. The Balaban J connectivity index is 1.21. The molecule has 2 saturated heterocycles. The number of carbonyl (C=O) groups excluding carboxylic acids is 2. The summed E-state index contributed by atoms with van der Waals surface area (Å²) in [6.07, 6.45) is 1.25. The number of aromatic nitrogens is 1. The molecule has 3 fully saturated rings. The first-order chi connectivity index (χ1) is 20.7. The number of likely N-dealkylation sites (tertiary alicyclic amines) is 1. The van der Waals surface area contributed by atoms with E-state index in [1.165, 1.54) is 0 Å². The fourth-order valence-electron chi connectivity index (χ4n) is 8.04. The summed E-state index contributed by atoms with van der Waals surface area (Å²) in [5.74, 6) is 0.706. The van der Waals surface area contributed by atoms with Crippen molar-refractivity contribution in [3.63, 3.8) is 0 Å². The van der Waals surface area contributed by atoms with Gasteiger partial charge in [0, 0.05) is 64.6 Å². The number of ether oxygens (including phenoxy) is 2. The molecule has 43 heavy (non-hydrogen) atoms. The zero-order valence-electron chi connectivity index (χ0n) is 24.7. The topological polar surface area (TPSA) is 72.0 Å². The molecule has 1 aromatic carbocycles. The summed E-state index contributed by atoms with van der Waals surface area (Å²) in [6, 6.07) is 11.0. The average molecular weight is 600 g/mol. The van der Waals surface area contributed by atoms with Crippen molar-refractivity contribution in [3.8, 4) is 0 Å². The van der Waals surface area contributed by atoms with Crippen LogP contribution in [-0.2, 0) is 44.6 Å². The van der Waals surface area contributed by atoms with Crippen molar-refractivity contribution in [1.29, 1.82) is 0 Å². The number of rotatable bonds is 7. The maximum atomic E-state index is 14.5. The van der Waals surface area contributed by atoms with Crippen molar-refractivity contribution in [2.75, 3.05) is 40.0 Å². The Hall–Kier alpha value is -2.98. The van der Waals surface area contributed by atoms with Gasteiger partial charge in [0.1, 0.15) is 0 Å². The minimum absolute atomic E-state index is 0.0209. The molecule has 1 saturated carbocycles. The molecule has 0 N–H and O–H groups in total. The van der Waals surface area contributed by atoms with Gasteiger partial charge in [-0.1, -0.05) is 30.3 Å². The molecule has 4 heterocycles. The molecule has 0 spiro atoms. The Bertz CT molecular complexity index is 1320. The highest BCUT2D eigenvalue weighted by Crippen LogP contribution is 2.54. The van der Waals surface area contributed by atoms with Crippen molar-refractivity contribution >= 4 is 11.8 Å². The monoisotopic (exact) mass is 599 g/mol. The number of aryl methyl sites for hydroxylation is 1. The fraction of sp³-hybridized carbons (Fsp3) is 0.606. The van der Waals surface area contributed by atoms with Crippen molar-refractivity contribution < 1.29 is 32.2 Å². The molecule has 0 bridgehead atoms. The van der Waals surface area contributed by atoms with Gasteiger partial charge in [-0.25, -0.2) is 0 Å². The minimum Gasteiger partial charge on any atom is -0.379 e. The van der Waals surface area contributed by atoms with Gasteiger partial charge in [-0.15, -0.1) is 0 Å². The summed E-state index contributed by atoms with van der Waals surface area (Å²) in [6.45, 7) is 2.71. The molecule has 4 aliphatic rings. The lowest BCUT2D eigenvalue weighted by molar-refractivity contribution is -0.144. The van der Waals surface area contributed by atoms with Gasteiger partial charge in [0.15, 0.2) is 0 Å². The maximum Gasteiger partial charge on any atom is 0.417 e. The zero-order chi connectivity index (χ0) is 30.2. The van der Waals surface area contributed by atoms with E-state index in [2.05, 4.69) is 4.98 Å². The van der Waals surface area contributed by atoms with Crippen LogP contribution in [0, 0.1) is 23.2 Å². The number of halogens is 3. The first-order valence-electron chi connectivity index (χ1n) is 15.4. The minimum atomic E-state index is -4.49. The first kappa shape index (κ1) is 30.1. The van der Waals surface area contributed by atoms with E-state index in [9.17, 15) is 22.8 Å². The number of methoxy groups -OCH3 is 1. The van der Waals surface area contributed by atoms with Crippen LogP contribution < -0.4 is 0 Å². The Morgan fingerprint density at radius 3 is 2.77 bits per heavy atom. The van der Waals surface area contributed by atoms with E-state index in [1.807, 2.05) is 35.2 Å². The summed E-state index contributed by atoms with van der Waals surface area (Å²) in [4.78, 5) is 35.6. The number of benzene rings is 1. The molecular formula is C33H40F3N3O4. The molecule has 232 valence electrons. The second kappa shape index (κ2) is 12.2. The molecule has 3 aliphatic heterocycles. The van der Waals surface area contributed by atoms with E-state index >= 15 is 0 Å². The number of carbonyl (C=O) groups is 2. The van der Waals surface area contributed by atoms with E-state index in [0.717, 1.165) is 37.1 Å². The van der Waals surface area contributed by atoms with Crippen LogP contribution in [0.1, 0.15) is 54.5 Å². The third-order valence-corrected chi connectivity index (χ3v) is 10.2. The largest absolute Gasteiger partial charge is 0.417 e. The van der Waals surface area contributed by atoms with Crippen LogP contribution in [0.3, 0.4) is 0 Å². The van der Waals surface area contributed by atoms with Gasteiger partial charge in [0.2, 0.25) is 11.8 Å². The maximum absolute atomic E-state index is 14.5. The quantitative estimate of drug-likeness (QED) is 0.452. The molecule has 5 atom stereocenters. The number of hydrogen-bond acceptors (Lipinski definition) is 5. The van der Waals surface area contributed by atoms with Crippen LogP contribution >= 0.6 is 0 Å². The van der Waals surface area contributed by atoms with Gasteiger partial charge in [0.05, 0.1) is 23.7 Å². The standard InChI is InChI=1S/C33H40F3N3O4/c1-42-29-20-43-12-10-24(29)13-23-14-27-19-39(30(40)8-7-22-5-3-2-4-6-22)21-32(27,16-23)31(41)38-11-9-28-25(18-38)15-26(17-37-28)33(34,35)36/h2-6,15,17,23-24,27,29H,7-14,16,18-21H2,1H3/t23-,24?,27+,29?,32+/m1/s1. The Kier molecular flexibility index (Phi) is 8.52. The normalized spacial score (nSPS) is 28.9. The van der Waals surface area contributed by atoms with E-state index < -0.39 is 17.2 Å². The van der Waals surface area contributed by atoms with Crippen molar-refractivity contribution in [3.05, 3.63) is 65.0 Å².